The molecular weight excluding hydrogens is 464 g/mol. The van der Waals surface area contributed by atoms with Gasteiger partial charge in [0.1, 0.15) is 12.1 Å². The second kappa shape index (κ2) is 14.6. The van der Waals surface area contributed by atoms with Crippen molar-refractivity contribution in [1.29, 1.82) is 0 Å². The first-order valence-corrected chi connectivity index (χ1v) is 11.9. The molecule has 0 saturated heterocycles. The van der Waals surface area contributed by atoms with Gasteiger partial charge >= 0.3 is 23.8 Å². The largest absolute Gasteiger partial charge is 0.464 e. The molecule has 2 amide bonds. The van der Waals surface area contributed by atoms with Gasteiger partial charge in [-0.25, -0.2) is 9.59 Å². The molecule has 0 aromatic carbocycles. The molecule has 2 atom stereocenters. The number of rotatable bonds is 12. The number of amides is 2. The van der Waals surface area contributed by atoms with Crippen LogP contribution in [0.25, 0.3) is 0 Å². The summed E-state index contributed by atoms with van der Waals surface area (Å²) in [5, 5.41) is 4.88. The van der Waals surface area contributed by atoms with Gasteiger partial charge in [0, 0.05) is 37.6 Å². The van der Waals surface area contributed by atoms with Crippen LogP contribution in [-0.2, 0) is 41.5 Å². The van der Waals surface area contributed by atoms with Crippen LogP contribution in [0.5, 0.6) is 0 Å². The van der Waals surface area contributed by atoms with E-state index in [1.165, 1.54) is 0 Å². The minimum absolute atomic E-state index is 0.0975. The van der Waals surface area contributed by atoms with Crippen LogP contribution >= 0.6 is 0 Å². The second-order valence-electron chi connectivity index (χ2n) is 9.22. The zero-order valence-corrected chi connectivity index (χ0v) is 21.1. The van der Waals surface area contributed by atoms with Crippen LogP contribution in [0, 0.1) is 11.8 Å². The average Bonchev–Trinajstić information content (AvgIpc) is 2.86. The molecular formula is C26H34N4O6. The molecule has 0 fully saturated rings. The van der Waals surface area contributed by atoms with E-state index in [9.17, 15) is 19.2 Å². The Bertz CT molecular complexity index is 917. The van der Waals surface area contributed by atoms with Crippen molar-refractivity contribution in [2.45, 2.75) is 52.6 Å². The number of ether oxygens (including phenoxy) is 2. The lowest BCUT2D eigenvalue weighted by Gasteiger charge is -2.20. The molecule has 36 heavy (non-hydrogen) atoms. The maximum Gasteiger partial charge on any atom is 0.329 e. The quantitative estimate of drug-likeness (QED) is 0.333. The van der Waals surface area contributed by atoms with E-state index in [-0.39, 0.29) is 37.9 Å². The first kappa shape index (κ1) is 28.4. The molecule has 0 radical (unpaired) electrons. The standard InChI is InChI=1S/C26H34N4O6/c1-17(2)15-35-25(33)21(13-19-5-9-27-10-6-19)29-23(31)24(32)30-22(26(34)36-16-18(3)4)14-20-7-11-28-12-8-20/h5-12,17-18,21-22H,13-16H2,1-4H3,(H,29,31)(H,30,32)/t21-,22-/m0/s1. The van der Waals surface area contributed by atoms with Gasteiger partial charge in [0.15, 0.2) is 0 Å². The predicted molar refractivity (Wildman–Crippen MR) is 131 cm³/mol. The summed E-state index contributed by atoms with van der Waals surface area (Å²) in [6.45, 7) is 7.89. The van der Waals surface area contributed by atoms with Crippen molar-refractivity contribution in [3.05, 3.63) is 60.2 Å². The molecule has 0 aliphatic rings. The summed E-state index contributed by atoms with van der Waals surface area (Å²) >= 11 is 0. The van der Waals surface area contributed by atoms with E-state index in [2.05, 4.69) is 20.6 Å². The normalized spacial score (nSPS) is 12.5. The number of carbonyl (C=O) groups excluding carboxylic acids is 4. The van der Waals surface area contributed by atoms with E-state index in [1.807, 2.05) is 27.7 Å². The first-order valence-electron chi connectivity index (χ1n) is 11.9. The Kier molecular flexibility index (Phi) is 11.5. The van der Waals surface area contributed by atoms with E-state index in [0.717, 1.165) is 11.1 Å². The summed E-state index contributed by atoms with van der Waals surface area (Å²) in [5.74, 6) is -3.25. The molecule has 0 aliphatic heterocycles. The fraction of sp³-hybridized carbons (Fsp3) is 0.462. The van der Waals surface area contributed by atoms with Crippen LogP contribution in [0.4, 0.5) is 0 Å². The van der Waals surface area contributed by atoms with E-state index in [4.69, 9.17) is 9.47 Å². The van der Waals surface area contributed by atoms with Crippen LogP contribution in [0.1, 0.15) is 38.8 Å². The summed E-state index contributed by atoms with van der Waals surface area (Å²) in [6.07, 6.45) is 6.46. The van der Waals surface area contributed by atoms with Gasteiger partial charge in [-0.15, -0.1) is 0 Å². The van der Waals surface area contributed by atoms with Crippen molar-refractivity contribution < 1.29 is 28.7 Å². The van der Waals surface area contributed by atoms with Crippen LogP contribution in [-0.4, -0.2) is 59.0 Å². The Balaban J connectivity index is 2.12. The Morgan fingerprint density at radius 2 is 1.00 bits per heavy atom. The molecule has 0 bridgehead atoms. The molecule has 194 valence electrons. The number of hydrogen-bond acceptors (Lipinski definition) is 8. The van der Waals surface area contributed by atoms with Crippen LogP contribution in [0.2, 0.25) is 0 Å². The molecule has 0 saturated carbocycles. The van der Waals surface area contributed by atoms with Crippen molar-refractivity contribution in [2.24, 2.45) is 11.8 Å². The summed E-state index contributed by atoms with van der Waals surface area (Å²) in [5.41, 5.74) is 1.45. The Morgan fingerprint density at radius 1 is 0.667 bits per heavy atom. The van der Waals surface area contributed by atoms with Gasteiger partial charge in [0.05, 0.1) is 13.2 Å². The molecule has 2 rings (SSSR count). The fourth-order valence-electron chi connectivity index (χ4n) is 3.04. The highest BCUT2D eigenvalue weighted by molar-refractivity contribution is 6.35. The minimum Gasteiger partial charge on any atom is -0.464 e. The number of esters is 2. The number of nitrogens with one attached hydrogen (secondary N) is 2. The lowest BCUT2D eigenvalue weighted by molar-refractivity contribution is -0.152. The van der Waals surface area contributed by atoms with Crippen LogP contribution in [0.3, 0.4) is 0 Å². The van der Waals surface area contributed by atoms with E-state index in [1.54, 1.807) is 49.1 Å². The van der Waals surface area contributed by atoms with E-state index < -0.39 is 35.8 Å². The summed E-state index contributed by atoms with van der Waals surface area (Å²) in [7, 11) is 0. The predicted octanol–water partition coefficient (Wildman–Crippen LogP) is 1.63. The topological polar surface area (TPSA) is 137 Å². The van der Waals surface area contributed by atoms with Gasteiger partial charge in [-0.2, -0.15) is 0 Å². The Labute approximate surface area is 211 Å². The summed E-state index contributed by atoms with van der Waals surface area (Å²) in [4.78, 5) is 58.7. The third kappa shape index (κ3) is 10.2. The van der Waals surface area contributed by atoms with Crippen molar-refractivity contribution >= 4 is 23.8 Å². The summed E-state index contributed by atoms with van der Waals surface area (Å²) in [6, 6.07) is 4.59. The third-order valence-corrected chi connectivity index (χ3v) is 4.88. The molecule has 2 N–H and O–H groups in total. The average molecular weight is 499 g/mol. The molecule has 2 aromatic heterocycles. The molecule has 2 aromatic rings. The van der Waals surface area contributed by atoms with E-state index >= 15 is 0 Å². The molecule has 0 spiro atoms. The Hall–Kier alpha value is -3.82. The van der Waals surface area contributed by atoms with Crippen LogP contribution in [0.15, 0.2) is 49.1 Å². The highest BCUT2D eigenvalue weighted by atomic mass is 16.5. The number of nitrogens with zero attached hydrogens (tertiary/aromatic N) is 2. The highest BCUT2D eigenvalue weighted by Gasteiger charge is 2.30. The zero-order chi connectivity index (χ0) is 26.5. The molecule has 0 unspecified atom stereocenters. The molecule has 10 nitrogen and oxygen atoms in total. The second-order valence-corrected chi connectivity index (χ2v) is 9.22. The van der Waals surface area contributed by atoms with Crippen molar-refractivity contribution in [3.8, 4) is 0 Å². The van der Waals surface area contributed by atoms with Gasteiger partial charge in [-0.1, -0.05) is 27.7 Å². The van der Waals surface area contributed by atoms with Gasteiger partial charge in [-0.05, 0) is 47.2 Å². The highest BCUT2D eigenvalue weighted by Crippen LogP contribution is 2.07. The van der Waals surface area contributed by atoms with Crippen molar-refractivity contribution in [3.63, 3.8) is 0 Å². The zero-order valence-electron chi connectivity index (χ0n) is 21.1. The van der Waals surface area contributed by atoms with Gasteiger partial charge in [0.25, 0.3) is 0 Å². The number of pyridine rings is 2. The van der Waals surface area contributed by atoms with Gasteiger partial charge in [0.2, 0.25) is 0 Å². The fourth-order valence-corrected chi connectivity index (χ4v) is 3.04. The number of carbonyl (C=O) groups is 4. The molecule has 2 heterocycles. The summed E-state index contributed by atoms with van der Waals surface area (Å²) < 4.78 is 10.6. The van der Waals surface area contributed by atoms with Crippen molar-refractivity contribution in [1.82, 2.24) is 20.6 Å². The van der Waals surface area contributed by atoms with Crippen LogP contribution < -0.4 is 10.6 Å². The SMILES string of the molecule is CC(C)COC(=O)[C@H](Cc1ccncc1)NC(=O)C(=O)N[C@@H](Cc1ccncc1)C(=O)OCC(C)C. The van der Waals surface area contributed by atoms with Crippen molar-refractivity contribution in [2.75, 3.05) is 13.2 Å². The number of aromatic nitrogens is 2. The van der Waals surface area contributed by atoms with Gasteiger partial charge < -0.3 is 20.1 Å². The Morgan fingerprint density at radius 3 is 1.31 bits per heavy atom. The maximum atomic E-state index is 12.8. The first-order chi connectivity index (χ1) is 17.2. The van der Waals surface area contributed by atoms with Gasteiger partial charge in [-0.3, -0.25) is 19.6 Å². The monoisotopic (exact) mass is 498 g/mol. The third-order valence-electron chi connectivity index (χ3n) is 4.88. The molecule has 0 aliphatic carbocycles. The smallest absolute Gasteiger partial charge is 0.329 e. The number of hydrogen-bond donors (Lipinski definition) is 2. The van der Waals surface area contributed by atoms with E-state index in [0.29, 0.717) is 0 Å². The maximum absolute atomic E-state index is 12.8. The lowest BCUT2D eigenvalue weighted by Crippen LogP contribution is -2.53. The minimum atomic E-state index is -1.10. The lowest BCUT2D eigenvalue weighted by atomic mass is 10.1. The molecule has 10 heteroatoms.